The number of benzene rings is 1. The third kappa shape index (κ3) is 3.00. The molecule has 1 aliphatic heterocycles. The fraction of sp³-hybridized carbons (Fsp3) is 0.385. The molecule has 96 valence electrons. The van der Waals surface area contributed by atoms with Crippen LogP contribution in [0, 0.1) is 0 Å². The van der Waals surface area contributed by atoms with Crippen LogP contribution in [0.25, 0.3) is 0 Å². The highest BCUT2D eigenvalue weighted by Gasteiger charge is 2.29. The Labute approximate surface area is 106 Å². The zero-order chi connectivity index (χ0) is 13.0. The van der Waals surface area contributed by atoms with Gasteiger partial charge in [0, 0.05) is 20.1 Å². The van der Waals surface area contributed by atoms with Crippen LogP contribution in [-0.4, -0.2) is 36.5 Å². The molecule has 0 bridgehead atoms. The maximum atomic E-state index is 11.6. The Morgan fingerprint density at radius 3 is 2.72 bits per heavy atom. The second-order valence-electron chi connectivity index (χ2n) is 4.41. The van der Waals surface area contributed by atoms with Gasteiger partial charge in [0.2, 0.25) is 5.91 Å². The van der Waals surface area contributed by atoms with Crippen LogP contribution in [0.5, 0.6) is 0 Å². The lowest BCUT2D eigenvalue weighted by atomic mass is 10.2. The summed E-state index contributed by atoms with van der Waals surface area (Å²) in [5, 5.41) is 5.43. The van der Waals surface area contributed by atoms with Crippen LogP contribution in [0.4, 0.5) is 4.79 Å². The van der Waals surface area contributed by atoms with Crippen LogP contribution in [0.15, 0.2) is 30.3 Å². The van der Waals surface area contributed by atoms with E-state index in [-0.39, 0.29) is 18.0 Å². The van der Waals surface area contributed by atoms with E-state index in [0.717, 1.165) is 5.56 Å². The largest absolute Gasteiger partial charge is 0.344 e. The number of urea groups is 1. The van der Waals surface area contributed by atoms with Crippen molar-refractivity contribution in [1.29, 1.82) is 0 Å². The summed E-state index contributed by atoms with van der Waals surface area (Å²) in [4.78, 5) is 24.9. The summed E-state index contributed by atoms with van der Waals surface area (Å²) in [7, 11) is 1.74. The third-order valence-electron chi connectivity index (χ3n) is 3.03. The number of hydrogen-bond donors (Lipinski definition) is 2. The van der Waals surface area contributed by atoms with Gasteiger partial charge in [0.15, 0.2) is 0 Å². The Kier molecular flexibility index (Phi) is 3.82. The summed E-state index contributed by atoms with van der Waals surface area (Å²) in [5.41, 5.74) is 1.03. The van der Waals surface area contributed by atoms with E-state index in [2.05, 4.69) is 10.6 Å². The minimum Gasteiger partial charge on any atom is -0.344 e. The van der Waals surface area contributed by atoms with Gasteiger partial charge in [-0.2, -0.15) is 0 Å². The maximum absolute atomic E-state index is 11.6. The predicted molar refractivity (Wildman–Crippen MR) is 67.9 cm³/mol. The number of rotatable bonds is 3. The van der Waals surface area contributed by atoms with E-state index < -0.39 is 0 Å². The molecule has 1 heterocycles. The first-order valence-corrected chi connectivity index (χ1v) is 6.00. The lowest BCUT2D eigenvalue weighted by molar-refractivity contribution is -0.128. The summed E-state index contributed by atoms with van der Waals surface area (Å²) in [5.74, 6) is -0.0233. The Morgan fingerprint density at radius 2 is 2.11 bits per heavy atom. The molecule has 1 fully saturated rings. The molecule has 0 aliphatic carbocycles. The number of carbonyl (C=O) groups excluding carboxylic acids is 2. The molecular formula is C13H17N3O2. The fourth-order valence-corrected chi connectivity index (χ4v) is 1.94. The van der Waals surface area contributed by atoms with Crippen LogP contribution < -0.4 is 10.6 Å². The Bertz CT molecular complexity index is 433. The highest BCUT2D eigenvalue weighted by atomic mass is 16.2. The molecule has 2 N–H and O–H groups in total. The van der Waals surface area contributed by atoms with Gasteiger partial charge >= 0.3 is 6.03 Å². The van der Waals surface area contributed by atoms with Crippen molar-refractivity contribution < 1.29 is 9.59 Å². The van der Waals surface area contributed by atoms with E-state index in [9.17, 15) is 9.59 Å². The van der Waals surface area contributed by atoms with Gasteiger partial charge in [-0.15, -0.1) is 0 Å². The quantitative estimate of drug-likeness (QED) is 0.826. The van der Waals surface area contributed by atoms with Crippen molar-refractivity contribution in [2.24, 2.45) is 0 Å². The van der Waals surface area contributed by atoms with Gasteiger partial charge in [-0.05, 0) is 12.0 Å². The predicted octanol–water partition coefficient (Wildman–Crippen LogP) is 0.716. The van der Waals surface area contributed by atoms with Crippen LogP contribution in [-0.2, 0) is 11.3 Å². The normalized spacial score (nSPS) is 18.8. The number of amides is 3. The molecule has 0 aromatic heterocycles. The fourth-order valence-electron chi connectivity index (χ4n) is 1.94. The van der Waals surface area contributed by atoms with E-state index in [1.54, 1.807) is 11.9 Å². The number of nitrogens with zero attached hydrogens (tertiary/aromatic N) is 1. The molecule has 1 saturated heterocycles. The van der Waals surface area contributed by atoms with E-state index in [1.807, 2.05) is 30.3 Å². The first-order valence-electron chi connectivity index (χ1n) is 6.00. The highest BCUT2D eigenvalue weighted by molar-refractivity contribution is 5.88. The van der Waals surface area contributed by atoms with Gasteiger partial charge < -0.3 is 15.5 Å². The van der Waals surface area contributed by atoms with Gasteiger partial charge in [-0.3, -0.25) is 4.79 Å². The SMILES string of the molecule is CN1CCC(NC(=O)NCc2ccccc2)C1=O. The lowest BCUT2D eigenvalue weighted by Gasteiger charge is -2.13. The summed E-state index contributed by atoms with van der Waals surface area (Å²) in [6, 6.07) is 8.97. The summed E-state index contributed by atoms with van der Waals surface area (Å²) < 4.78 is 0. The Balaban J connectivity index is 1.78. The minimum absolute atomic E-state index is 0.0233. The standard InChI is InChI=1S/C13H17N3O2/c1-16-8-7-11(12(16)17)15-13(18)14-9-10-5-3-2-4-6-10/h2-6,11H,7-9H2,1H3,(H2,14,15,18). The van der Waals surface area contributed by atoms with Gasteiger partial charge in [-0.25, -0.2) is 4.79 Å². The van der Waals surface area contributed by atoms with Crippen LogP contribution in [0.2, 0.25) is 0 Å². The second kappa shape index (κ2) is 5.53. The first-order chi connectivity index (χ1) is 8.66. The second-order valence-corrected chi connectivity index (χ2v) is 4.41. The molecule has 1 aliphatic rings. The summed E-state index contributed by atoms with van der Waals surface area (Å²) in [6.45, 7) is 1.16. The zero-order valence-electron chi connectivity index (χ0n) is 10.3. The molecule has 0 radical (unpaired) electrons. The van der Waals surface area contributed by atoms with E-state index in [1.165, 1.54) is 0 Å². The van der Waals surface area contributed by atoms with E-state index >= 15 is 0 Å². The molecule has 18 heavy (non-hydrogen) atoms. The van der Waals surface area contributed by atoms with Crippen molar-refractivity contribution in [3.63, 3.8) is 0 Å². The zero-order valence-corrected chi connectivity index (χ0v) is 10.3. The van der Waals surface area contributed by atoms with Gasteiger partial charge in [-0.1, -0.05) is 30.3 Å². The van der Waals surface area contributed by atoms with Gasteiger partial charge in [0.1, 0.15) is 6.04 Å². The van der Waals surface area contributed by atoms with Crippen molar-refractivity contribution in [3.05, 3.63) is 35.9 Å². The van der Waals surface area contributed by atoms with Crippen LogP contribution >= 0.6 is 0 Å². The molecular weight excluding hydrogens is 230 g/mol. The monoisotopic (exact) mass is 247 g/mol. The highest BCUT2D eigenvalue weighted by Crippen LogP contribution is 2.08. The molecule has 1 unspecified atom stereocenters. The van der Waals surface area contributed by atoms with Gasteiger partial charge in [0.05, 0.1) is 0 Å². The average Bonchev–Trinajstić information content (AvgIpc) is 2.70. The Hall–Kier alpha value is -2.04. The molecule has 1 aromatic rings. The topological polar surface area (TPSA) is 61.4 Å². The molecule has 1 atom stereocenters. The van der Waals surface area contributed by atoms with Crippen molar-refractivity contribution in [2.75, 3.05) is 13.6 Å². The summed E-state index contributed by atoms with van der Waals surface area (Å²) in [6.07, 6.45) is 0.675. The summed E-state index contributed by atoms with van der Waals surface area (Å²) >= 11 is 0. The van der Waals surface area contributed by atoms with Gasteiger partial charge in [0.25, 0.3) is 0 Å². The van der Waals surface area contributed by atoms with Crippen molar-refractivity contribution in [1.82, 2.24) is 15.5 Å². The Morgan fingerprint density at radius 1 is 1.39 bits per heavy atom. The number of likely N-dealkylation sites (tertiary alicyclic amines) is 1. The molecule has 0 spiro atoms. The number of carbonyl (C=O) groups is 2. The lowest BCUT2D eigenvalue weighted by Crippen LogP contribution is -2.45. The van der Waals surface area contributed by atoms with Crippen molar-refractivity contribution in [3.8, 4) is 0 Å². The smallest absolute Gasteiger partial charge is 0.315 e. The molecule has 0 saturated carbocycles. The maximum Gasteiger partial charge on any atom is 0.315 e. The molecule has 2 rings (SSSR count). The molecule has 5 heteroatoms. The first kappa shape index (κ1) is 12.4. The molecule has 5 nitrogen and oxygen atoms in total. The third-order valence-corrected chi connectivity index (χ3v) is 3.03. The van der Waals surface area contributed by atoms with Crippen molar-refractivity contribution in [2.45, 2.75) is 19.0 Å². The minimum atomic E-state index is -0.384. The van der Waals surface area contributed by atoms with Crippen LogP contribution in [0.1, 0.15) is 12.0 Å². The average molecular weight is 247 g/mol. The number of hydrogen-bond acceptors (Lipinski definition) is 2. The van der Waals surface area contributed by atoms with Crippen LogP contribution in [0.3, 0.4) is 0 Å². The van der Waals surface area contributed by atoms with E-state index in [0.29, 0.717) is 19.5 Å². The molecule has 3 amide bonds. The molecule has 1 aromatic carbocycles. The number of nitrogens with one attached hydrogen (secondary N) is 2. The van der Waals surface area contributed by atoms with E-state index in [4.69, 9.17) is 0 Å². The van der Waals surface area contributed by atoms with Crippen molar-refractivity contribution >= 4 is 11.9 Å². The number of likely N-dealkylation sites (N-methyl/N-ethyl adjacent to an activating group) is 1.